The van der Waals surface area contributed by atoms with Crippen molar-refractivity contribution < 1.29 is 4.79 Å². The first-order valence-corrected chi connectivity index (χ1v) is 8.97. The fraction of sp³-hybridized carbons (Fsp3) is 0.316. The molecule has 26 heavy (non-hydrogen) atoms. The Balaban J connectivity index is 1.79. The fourth-order valence-corrected chi connectivity index (χ4v) is 2.87. The molecule has 136 valence electrons. The number of carbonyl (C=O) groups excluding carboxylic acids is 1. The lowest BCUT2D eigenvalue weighted by molar-refractivity contribution is 0.102. The van der Waals surface area contributed by atoms with Crippen molar-refractivity contribution >= 4 is 23.3 Å². The average Bonchev–Trinajstić information content (AvgIpc) is 3.21. The van der Waals surface area contributed by atoms with Gasteiger partial charge in [-0.1, -0.05) is 18.5 Å². The molecule has 3 rings (SSSR count). The van der Waals surface area contributed by atoms with Gasteiger partial charge in [-0.2, -0.15) is 10.2 Å². The molecule has 0 aliphatic rings. The van der Waals surface area contributed by atoms with Crippen LogP contribution in [0.4, 0.5) is 5.82 Å². The van der Waals surface area contributed by atoms with Gasteiger partial charge in [0.25, 0.3) is 5.91 Å². The molecule has 2 aromatic heterocycles. The molecule has 1 amide bonds. The van der Waals surface area contributed by atoms with Crippen molar-refractivity contribution in [2.75, 3.05) is 5.32 Å². The third-order valence-electron chi connectivity index (χ3n) is 4.50. The standard InChI is InChI=1S/C19H22ClN5O/c1-5-12(2)24-17(10-11-21-24)22-19(26)15-6-8-16(9-7-15)25-14(4)18(20)13(3)23-25/h6-12H,5H2,1-4H3,(H,22,26). The maximum atomic E-state index is 12.6. The Bertz CT molecular complexity index is 926. The third-order valence-corrected chi connectivity index (χ3v) is 5.04. The van der Waals surface area contributed by atoms with Crippen molar-refractivity contribution in [2.45, 2.75) is 40.2 Å². The van der Waals surface area contributed by atoms with Crippen LogP contribution in [0.25, 0.3) is 5.69 Å². The molecule has 0 spiro atoms. The zero-order valence-corrected chi connectivity index (χ0v) is 16.1. The van der Waals surface area contributed by atoms with E-state index in [-0.39, 0.29) is 11.9 Å². The van der Waals surface area contributed by atoms with Crippen LogP contribution < -0.4 is 5.32 Å². The summed E-state index contributed by atoms with van der Waals surface area (Å²) in [6, 6.07) is 9.29. The second-order valence-corrected chi connectivity index (χ2v) is 6.69. The molecule has 0 saturated carbocycles. The highest BCUT2D eigenvalue weighted by Crippen LogP contribution is 2.23. The zero-order chi connectivity index (χ0) is 18.8. The lowest BCUT2D eigenvalue weighted by atomic mass is 10.2. The first-order chi connectivity index (χ1) is 12.4. The summed E-state index contributed by atoms with van der Waals surface area (Å²) in [6.45, 7) is 7.94. The number of rotatable bonds is 5. The summed E-state index contributed by atoms with van der Waals surface area (Å²) in [5.74, 6) is 0.520. The largest absolute Gasteiger partial charge is 0.307 e. The third kappa shape index (κ3) is 3.37. The normalized spacial score (nSPS) is 12.2. The van der Waals surface area contributed by atoms with Crippen molar-refractivity contribution in [3.63, 3.8) is 0 Å². The predicted octanol–water partition coefficient (Wildman–Crippen LogP) is 4.56. The maximum absolute atomic E-state index is 12.6. The molecule has 1 atom stereocenters. The molecule has 3 aromatic rings. The number of carbonyl (C=O) groups is 1. The summed E-state index contributed by atoms with van der Waals surface area (Å²) < 4.78 is 3.60. The molecule has 1 unspecified atom stereocenters. The molecule has 0 bridgehead atoms. The Morgan fingerprint density at radius 2 is 1.92 bits per heavy atom. The van der Waals surface area contributed by atoms with Gasteiger partial charge in [-0.15, -0.1) is 0 Å². The number of benzene rings is 1. The van der Waals surface area contributed by atoms with E-state index in [4.69, 9.17) is 11.6 Å². The van der Waals surface area contributed by atoms with E-state index in [2.05, 4.69) is 29.4 Å². The summed E-state index contributed by atoms with van der Waals surface area (Å²) in [5, 5.41) is 12.3. The maximum Gasteiger partial charge on any atom is 0.256 e. The molecule has 0 radical (unpaired) electrons. The Morgan fingerprint density at radius 1 is 1.23 bits per heavy atom. The molecule has 1 aromatic carbocycles. The number of hydrogen-bond acceptors (Lipinski definition) is 3. The lowest BCUT2D eigenvalue weighted by Crippen LogP contribution is -2.17. The van der Waals surface area contributed by atoms with Gasteiger partial charge in [0, 0.05) is 11.6 Å². The quantitative estimate of drug-likeness (QED) is 0.714. The first-order valence-electron chi connectivity index (χ1n) is 8.59. The molecule has 0 aliphatic heterocycles. The van der Waals surface area contributed by atoms with Gasteiger partial charge in [-0.25, -0.2) is 9.36 Å². The number of nitrogens with one attached hydrogen (secondary N) is 1. The van der Waals surface area contributed by atoms with E-state index in [1.165, 1.54) is 0 Å². The van der Waals surface area contributed by atoms with Crippen LogP contribution in [0.1, 0.15) is 48.1 Å². The molecule has 0 fully saturated rings. The highest BCUT2D eigenvalue weighted by Gasteiger charge is 2.14. The Hall–Kier alpha value is -2.60. The molecular formula is C19H22ClN5O. The monoisotopic (exact) mass is 371 g/mol. The average molecular weight is 372 g/mol. The minimum Gasteiger partial charge on any atom is -0.307 e. The van der Waals surface area contributed by atoms with E-state index in [0.29, 0.717) is 16.4 Å². The van der Waals surface area contributed by atoms with Crippen LogP contribution in [0.3, 0.4) is 0 Å². The van der Waals surface area contributed by atoms with E-state index >= 15 is 0 Å². The molecular weight excluding hydrogens is 350 g/mol. The van der Waals surface area contributed by atoms with E-state index in [9.17, 15) is 4.79 Å². The number of aromatic nitrogens is 4. The topological polar surface area (TPSA) is 64.7 Å². The Morgan fingerprint density at radius 3 is 2.50 bits per heavy atom. The number of amides is 1. The van der Waals surface area contributed by atoms with Crippen LogP contribution >= 0.6 is 11.6 Å². The van der Waals surface area contributed by atoms with Gasteiger partial charge in [-0.3, -0.25) is 4.79 Å². The number of anilines is 1. The van der Waals surface area contributed by atoms with Gasteiger partial charge in [0.15, 0.2) is 0 Å². The van der Waals surface area contributed by atoms with Gasteiger partial charge in [0.2, 0.25) is 0 Å². The zero-order valence-electron chi connectivity index (χ0n) is 15.3. The van der Waals surface area contributed by atoms with Crippen LogP contribution in [0.15, 0.2) is 36.5 Å². The molecule has 1 N–H and O–H groups in total. The first kappa shape index (κ1) is 18.2. The Kier molecular flexibility index (Phi) is 5.13. The summed E-state index contributed by atoms with van der Waals surface area (Å²) in [7, 11) is 0. The van der Waals surface area contributed by atoms with Crippen LogP contribution in [0.5, 0.6) is 0 Å². The molecule has 6 nitrogen and oxygen atoms in total. The SMILES string of the molecule is CCC(C)n1nccc1NC(=O)c1ccc(-n2nc(C)c(Cl)c2C)cc1. The van der Waals surface area contributed by atoms with Crippen molar-refractivity contribution in [3.05, 3.63) is 58.5 Å². The van der Waals surface area contributed by atoms with Crippen LogP contribution in [-0.4, -0.2) is 25.5 Å². The molecule has 7 heteroatoms. The molecule has 0 saturated heterocycles. The highest BCUT2D eigenvalue weighted by atomic mass is 35.5. The van der Waals surface area contributed by atoms with Crippen molar-refractivity contribution in [2.24, 2.45) is 0 Å². The Labute approximate surface area is 157 Å². The van der Waals surface area contributed by atoms with Crippen molar-refractivity contribution in [1.82, 2.24) is 19.6 Å². The highest BCUT2D eigenvalue weighted by molar-refractivity contribution is 6.31. The molecule has 2 heterocycles. The van der Waals surface area contributed by atoms with Gasteiger partial charge in [-0.05, 0) is 51.5 Å². The van der Waals surface area contributed by atoms with Gasteiger partial charge < -0.3 is 5.32 Å². The summed E-state index contributed by atoms with van der Waals surface area (Å²) in [4.78, 5) is 12.6. The van der Waals surface area contributed by atoms with Crippen LogP contribution in [0.2, 0.25) is 5.02 Å². The smallest absolute Gasteiger partial charge is 0.256 e. The van der Waals surface area contributed by atoms with Gasteiger partial charge in [0.1, 0.15) is 5.82 Å². The number of hydrogen-bond donors (Lipinski definition) is 1. The second-order valence-electron chi connectivity index (χ2n) is 6.32. The summed E-state index contributed by atoms with van der Waals surface area (Å²) >= 11 is 6.21. The lowest BCUT2D eigenvalue weighted by Gasteiger charge is -2.14. The fourth-order valence-electron chi connectivity index (χ4n) is 2.76. The van der Waals surface area contributed by atoms with Crippen LogP contribution in [-0.2, 0) is 0 Å². The van der Waals surface area contributed by atoms with E-state index in [1.807, 2.05) is 30.7 Å². The number of nitrogens with zero attached hydrogens (tertiary/aromatic N) is 4. The minimum absolute atomic E-state index is 0.173. The predicted molar refractivity (Wildman–Crippen MR) is 103 cm³/mol. The summed E-state index contributed by atoms with van der Waals surface area (Å²) in [5.41, 5.74) is 3.08. The minimum atomic E-state index is -0.173. The van der Waals surface area contributed by atoms with Gasteiger partial charge in [0.05, 0.1) is 34.3 Å². The van der Waals surface area contributed by atoms with E-state index in [0.717, 1.165) is 23.5 Å². The van der Waals surface area contributed by atoms with Crippen molar-refractivity contribution in [3.8, 4) is 5.69 Å². The van der Waals surface area contributed by atoms with E-state index in [1.54, 1.807) is 29.1 Å². The number of halogens is 1. The van der Waals surface area contributed by atoms with Crippen molar-refractivity contribution in [1.29, 1.82) is 0 Å². The number of aryl methyl sites for hydroxylation is 1. The molecule has 0 aliphatic carbocycles. The van der Waals surface area contributed by atoms with Gasteiger partial charge >= 0.3 is 0 Å². The second kappa shape index (κ2) is 7.33. The van der Waals surface area contributed by atoms with Crippen LogP contribution in [0, 0.1) is 13.8 Å². The van der Waals surface area contributed by atoms with E-state index < -0.39 is 0 Å². The summed E-state index contributed by atoms with van der Waals surface area (Å²) in [6.07, 6.45) is 2.63.